The van der Waals surface area contributed by atoms with Gasteiger partial charge in [0, 0.05) is 22.3 Å². The Morgan fingerprint density at radius 1 is 0.543 bits per heavy atom. The number of benzene rings is 3. The molecule has 0 unspecified atom stereocenters. The second-order valence-corrected chi connectivity index (χ2v) is 10.9. The summed E-state index contributed by atoms with van der Waals surface area (Å²) < 4.78 is 4.89. The molecule has 0 amide bonds. The fourth-order valence-electron chi connectivity index (χ4n) is 5.20. The van der Waals surface area contributed by atoms with Crippen LogP contribution in [0.2, 0.25) is 0 Å². The summed E-state index contributed by atoms with van der Waals surface area (Å²) in [6, 6.07) is 24.5. The van der Waals surface area contributed by atoms with E-state index in [2.05, 4.69) is 144 Å². The van der Waals surface area contributed by atoms with Crippen LogP contribution in [0.25, 0.3) is 22.8 Å². The highest BCUT2D eigenvalue weighted by atomic mass is 15.2. The molecule has 0 saturated heterocycles. The molecular weight excluding hydrogens is 424 g/mol. The van der Waals surface area contributed by atoms with Crippen molar-refractivity contribution in [3.8, 4) is 22.8 Å². The Hall–Kier alpha value is -3.13. The molecule has 0 aliphatic carbocycles. The van der Waals surface area contributed by atoms with E-state index in [1.165, 1.54) is 45.0 Å². The zero-order chi connectivity index (χ0) is 25.3. The maximum Gasteiger partial charge on any atom is 0.299 e. The summed E-state index contributed by atoms with van der Waals surface area (Å²) in [5, 5.41) is 0. The fraction of sp³-hybridized carbons (Fsp3) is 0.364. The Labute approximate surface area is 212 Å². The van der Waals surface area contributed by atoms with Crippen molar-refractivity contribution in [3.63, 3.8) is 0 Å². The van der Waals surface area contributed by atoms with Crippen molar-refractivity contribution in [2.75, 3.05) is 0 Å². The Morgan fingerprint density at radius 3 is 1.46 bits per heavy atom. The minimum Gasteiger partial charge on any atom is -0.195 e. The zero-order valence-corrected chi connectivity index (χ0v) is 22.7. The Balaban J connectivity index is 2.15. The Bertz CT molecular complexity index is 1160. The highest BCUT2D eigenvalue weighted by Crippen LogP contribution is 2.35. The van der Waals surface area contributed by atoms with Gasteiger partial charge >= 0.3 is 0 Å². The molecule has 0 N–H and O–H groups in total. The molecule has 0 radical (unpaired) electrons. The number of para-hydroxylation sites is 2. The molecule has 4 rings (SSSR count). The van der Waals surface area contributed by atoms with Crippen LogP contribution in [0.5, 0.6) is 0 Å². The van der Waals surface area contributed by atoms with E-state index >= 15 is 0 Å². The minimum atomic E-state index is 0.428. The standard InChI is InChI=1S/C33H41N2/c1-22(2)27-16-12-17-28(23(3)4)31(27)34-20-21-35(33(34)26-14-10-9-11-15-26)32-29(24(5)6)18-13-19-30(32)25(7)8/h9-25H,1-8H3/q+1. The predicted octanol–water partition coefficient (Wildman–Crippen LogP) is 8.91. The molecule has 35 heavy (non-hydrogen) atoms. The first kappa shape index (κ1) is 25.0. The molecule has 0 spiro atoms. The van der Waals surface area contributed by atoms with Crippen molar-refractivity contribution >= 4 is 0 Å². The van der Waals surface area contributed by atoms with Gasteiger partial charge in [0.05, 0.1) is 5.56 Å². The lowest BCUT2D eigenvalue weighted by Crippen LogP contribution is -2.35. The molecule has 2 nitrogen and oxygen atoms in total. The molecule has 0 bridgehead atoms. The average Bonchev–Trinajstić information content (AvgIpc) is 3.27. The van der Waals surface area contributed by atoms with Gasteiger partial charge in [-0.3, -0.25) is 0 Å². The van der Waals surface area contributed by atoms with Gasteiger partial charge in [0.15, 0.2) is 0 Å². The summed E-state index contributed by atoms with van der Waals surface area (Å²) in [4.78, 5) is 0. The van der Waals surface area contributed by atoms with Gasteiger partial charge in [-0.2, -0.15) is 9.13 Å². The van der Waals surface area contributed by atoms with Gasteiger partial charge in [-0.25, -0.2) is 0 Å². The topological polar surface area (TPSA) is 8.81 Å². The van der Waals surface area contributed by atoms with Crippen molar-refractivity contribution in [3.05, 3.63) is 101 Å². The molecule has 182 valence electrons. The van der Waals surface area contributed by atoms with Gasteiger partial charge in [0.25, 0.3) is 5.82 Å². The molecule has 0 saturated carbocycles. The molecule has 1 aromatic heterocycles. The normalized spacial score (nSPS) is 11.9. The monoisotopic (exact) mass is 465 g/mol. The van der Waals surface area contributed by atoms with Crippen LogP contribution in [-0.2, 0) is 0 Å². The van der Waals surface area contributed by atoms with E-state index in [1.54, 1.807) is 0 Å². The van der Waals surface area contributed by atoms with Crippen LogP contribution < -0.4 is 4.57 Å². The van der Waals surface area contributed by atoms with Gasteiger partial charge in [0.1, 0.15) is 23.8 Å². The molecule has 0 fully saturated rings. The van der Waals surface area contributed by atoms with Crippen molar-refractivity contribution in [1.82, 2.24) is 4.57 Å². The molecule has 0 aliphatic rings. The number of nitrogens with zero attached hydrogens (tertiary/aromatic N) is 2. The smallest absolute Gasteiger partial charge is 0.195 e. The van der Waals surface area contributed by atoms with Gasteiger partial charge in [-0.15, -0.1) is 0 Å². The third kappa shape index (κ3) is 4.72. The zero-order valence-electron chi connectivity index (χ0n) is 22.7. The summed E-state index contributed by atoms with van der Waals surface area (Å²) in [5.74, 6) is 2.92. The second kappa shape index (κ2) is 10.2. The summed E-state index contributed by atoms with van der Waals surface area (Å²) in [6.07, 6.45) is 4.55. The highest BCUT2D eigenvalue weighted by molar-refractivity contribution is 5.61. The van der Waals surface area contributed by atoms with Crippen LogP contribution in [0.3, 0.4) is 0 Å². The minimum absolute atomic E-state index is 0.428. The molecule has 4 aromatic rings. The van der Waals surface area contributed by atoms with Crippen LogP contribution in [0, 0.1) is 0 Å². The summed E-state index contributed by atoms with van der Waals surface area (Å²) >= 11 is 0. The molecule has 1 heterocycles. The Morgan fingerprint density at radius 2 is 1.00 bits per heavy atom. The average molecular weight is 466 g/mol. The molecule has 2 heteroatoms. The van der Waals surface area contributed by atoms with E-state index < -0.39 is 0 Å². The quantitative estimate of drug-likeness (QED) is 0.241. The summed E-state index contributed by atoms with van der Waals surface area (Å²) in [7, 11) is 0. The van der Waals surface area contributed by atoms with E-state index in [4.69, 9.17) is 0 Å². The van der Waals surface area contributed by atoms with Crippen LogP contribution in [-0.4, -0.2) is 4.57 Å². The van der Waals surface area contributed by atoms with Crippen molar-refractivity contribution < 1.29 is 4.57 Å². The molecule has 0 atom stereocenters. The maximum atomic E-state index is 2.45. The number of rotatable bonds is 7. The summed E-state index contributed by atoms with van der Waals surface area (Å²) in [5.41, 5.74) is 9.41. The van der Waals surface area contributed by atoms with E-state index in [0.29, 0.717) is 23.7 Å². The number of hydrogen-bond donors (Lipinski definition) is 0. The van der Waals surface area contributed by atoms with Crippen LogP contribution in [0.4, 0.5) is 0 Å². The third-order valence-electron chi connectivity index (χ3n) is 7.02. The lowest BCUT2D eigenvalue weighted by Gasteiger charge is -2.20. The number of aromatic nitrogens is 2. The Kier molecular flexibility index (Phi) is 7.31. The lowest BCUT2D eigenvalue weighted by atomic mass is 9.92. The van der Waals surface area contributed by atoms with E-state index in [0.717, 1.165) is 0 Å². The first-order valence-electron chi connectivity index (χ1n) is 13.2. The van der Waals surface area contributed by atoms with Gasteiger partial charge in [-0.1, -0.05) is 110 Å². The van der Waals surface area contributed by atoms with Crippen molar-refractivity contribution in [2.45, 2.75) is 79.1 Å². The maximum absolute atomic E-state index is 2.45. The molecular formula is C33H41N2+. The highest BCUT2D eigenvalue weighted by Gasteiger charge is 2.30. The molecule has 3 aromatic carbocycles. The first-order valence-corrected chi connectivity index (χ1v) is 13.2. The van der Waals surface area contributed by atoms with Gasteiger partial charge < -0.3 is 0 Å². The molecule has 0 aliphatic heterocycles. The summed E-state index contributed by atoms with van der Waals surface area (Å²) in [6.45, 7) is 18.4. The van der Waals surface area contributed by atoms with Crippen molar-refractivity contribution in [1.29, 1.82) is 0 Å². The third-order valence-corrected chi connectivity index (χ3v) is 7.02. The van der Waals surface area contributed by atoms with Gasteiger partial charge in [-0.05, 0) is 35.8 Å². The SMILES string of the molecule is CC(C)c1cccc(C(C)C)c1-n1cc[n+](-c2c(C(C)C)cccc2C(C)C)c1-c1ccccc1. The lowest BCUT2D eigenvalue weighted by molar-refractivity contribution is -0.584. The van der Waals surface area contributed by atoms with Crippen molar-refractivity contribution in [2.24, 2.45) is 0 Å². The number of imidazole rings is 1. The second-order valence-electron chi connectivity index (χ2n) is 10.9. The largest absolute Gasteiger partial charge is 0.299 e. The van der Waals surface area contributed by atoms with Crippen LogP contribution >= 0.6 is 0 Å². The van der Waals surface area contributed by atoms with E-state index in [1.807, 2.05) is 0 Å². The fourth-order valence-corrected chi connectivity index (χ4v) is 5.20. The first-order chi connectivity index (χ1) is 16.7. The number of hydrogen-bond acceptors (Lipinski definition) is 0. The van der Waals surface area contributed by atoms with E-state index in [-0.39, 0.29) is 0 Å². The van der Waals surface area contributed by atoms with Gasteiger partial charge in [0.2, 0.25) is 0 Å². The van der Waals surface area contributed by atoms with Crippen LogP contribution in [0.1, 0.15) is 101 Å². The van der Waals surface area contributed by atoms with E-state index in [9.17, 15) is 0 Å². The van der Waals surface area contributed by atoms with Crippen LogP contribution in [0.15, 0.2) is 79.1 Å². The predicted molar refractivity (Wildman–Crippen MR) is 149 cm³/mol.